The largest absolute Gasteiger partial charge is 0.346 e. The number of fused-ring (bicyclic) bond motifs is 1. The van der Waals surface area contributed by atoms with Crippen LogP contribution in [0.2, 0.25) is 5.02 Å². The van der Waals surface area contributed by atoms with Gasteiger partial charge >= 0.3 is 0 Å². The Morgan fingerprint density at radius 3 is 2.93 bits per heavy atom. The number of nitrogens with one attached hydrogen (secondary N) is 3. The van der Waals surface area contributed by atoms with E-state index < -0.39 is 0 Å². The third-order valence-electron chi connectivity index (χ3n) is 4.40. The van der Waals surface area contributed by atoms with E-state index in [-0.39, 0.29) is 12.5 Å². The zero-order chi connectivity index (χ0) is 20.1. The molecule has 4 aromatic rings. The van der Waals surface area contributed by atoms with Crippen LogP contribution in [0.25, 0.3) is 11.0 Å². The predicted octanol–water partition coefficient (Wildman–Crippen LogP) is 2.53. The molecule has 8 nitrogen and oxygen atoms in total. The monoisotopic (exact) mass is 409 g/mol. The maximum absolute atomic E-state index is 12.3. The number of benzene rings is 1. The highest BCUT2D eigenvalue weighted by molar-refractivity contribution is 6.31. The second-order valence-corrected chi connectivity index (χ2v) is 6.89. The number of hydrogen-bond donors (Lipinski definition) is 3. The summed E-state index contributed by atoms with van der Waals surface area (Å²) in [4.78, 5) is 24.2. The molecular weight excluding hydrogens is 390 g/mol. The highest BCUT2D eigenvalue weighted by Gasteiger charge is 2.10. The standard InChI is InChI=1S/C20H20ClN7O/c21-15-4-3-7-23-18(15)11-24-20(29)14-10-25-28(13-14)9-8-22-12-19-26-16-5-1-2-6-17(16)27-19/h1-7,10,13,22H,8-9,11-12H2,(H,24,29)(H,26,27). The number of rotatable bonds is 8. The zero-order valence-electron chi connectivity index (χ0n) is 15.6. The molecule has 1 amide bonds. The van der Waals surface area contributed by atoms with Crippen molar-refractivity contribution in [1.82, 2.24) is 35.4 Å². The summed E-state index contributed by atoms with van der Waals surface area (Å²) in [6.07, 6.45) is 4.91. The van der Waals surface area contributed by atoms with Gasteiger partial charge in [-0.05, 0) is 24.3 Å². The van der Waals surface area contributed by atoms with Gasteiger partial charge in [0, 0.05) is 18.9 Å². The smallest absolute Gasteiger partial charge is 0.254 e. The Kier molecular flexibility index (Phi) is 5.83. The third kappa shape index (κ3) is 4.79. The molecule has 0 aliphatic rings. The maximum Gasteiger partial charge on any atom is 0.254 e. The minimum atomic E-state index is -0.215. The normalized spacial score (nSPS) is 11.1. The number of nitrogens with zero attached hydrogens (tertiary/aromatic N) is 4. The number of H-pyrrole nitrogens is 1. The van der Waals surface area contributed by atoms with Crippen molar-refractivity contribution in [2.24, 2.45) is 0 Å². The number of hydrogen-bond acceptors (Lipinski definition) is 5. The Hall–Kier alpha value is -3.23. The van der Waals surface area contributed by atoms with Crippen molar-refractivity contribution < 1.29 is 4.79 Å². The van der Waals surface area contributed by atoms with Gasteiger partial charge in [0.15, 0.2) is 0 Å². The number of para-hydroxylation sites is 2. The van der Waals surface area contributed by atoms with Gasteiger partial charge < -0.3 is 15.6 Å². The third-order valence-corrected chi connectivity index (χ3v) is 4.74. The molecule has 3 aromatic heterocycles. The van der Waals surface area contributed by atoms with E-state index in [1.807, 2.05) is 24.3 Å². The van der Waals surface area contributed by atoms with Crippen LogP contribution in [-0.2, 0) is 19.6 Å². The van der Waals surface area contributed by atoms with Gasteiger partial charge in [0.05, 0.1) is 53.1 Å². The number of amides is 1. The first-order valence-corrected chi connectivity index (χ1v) is 9.61. The molecule has 29 heavy (non-hydrogen) atoms. The lowest BCUT2D eigenvalue weighted by molar-refractivity contribution is 0.0950. The molecule has 3 heterocycles. The molecule has 9 heteroatoms. The fourth-order valence-electron chi connectivity index (χ4n) is 2.91. The number of aromatic amines is 1. The fourth-order valence-corrected chi connectivity index (χ4v) is 3.10. The summed E-state index contributed by atoms with van der Waals surface area (Å²) in [5.74, 6) is 0.674. The van der Waals surface area contributed by atoms with Crippen LogP contribution in [0.5, 0.6) is 0 Å². The average molecular weight is 410 g/mol. The van der Waals surface area contributed by atoms with Crippen LogP contribution < -0.4 is 10.6 Å². The molecular formula is C20H20ClN7O. The van der Waals surface area contributed by atoms with Gasteiger partial charge in [0.25, 0.3) is 5.91 Å². The Balaban J connectivity index is 1.23. The number of halogens is 1. The lowest BCUT2D eigenvalue weighted by Crippen LogP contribution is -2.23. The van der Waals surface area contributed by atoms with E-state index in [9.17, 15) is 4.79 Å². The van der Waals surface area contributed by atoms with Gasteiger partial charge in [-0.1, -0.05) is 23.7 Å². The van der Waals surface area contributed by atoms with Gasteiger partial charge in [-0.15, -0.1) is 0 Å². The molecule has 0 spiro atoms. The number of pyridine rings is 1. The van der Waals surface area contributed by atoms with Crippen molar-refractivity contribution in [1.29, 1.82) is 0 Å². The Morgan fingerprint density at radius 2 is 2.07 bits per heavy atom. The molecule has 0 bridgehead atoms. The van der Waals surface area contributed by atoms with E-state index in [1.165, 1.54) is 0 Å². The zero-order valence-corrected chi connectivity index (χ0v) is 16.4. The number of imidazole rings is 1. The van der Waals surface area contributed by atoms with Crippen LogP contribution in [0.1, 0.15) is 21.9 Å². The van der Waals surface area contributed by atoms with Gasteiger partial charge in [0.1, 0.15) is 5.82 Å². The second-order valence-electron chi connectivity index (χ2n) is 6.48. The molecule has 4 rings (SSSR count). The van der Waals surface area contributed by atoms with Crippen molar-refractivity contribution >= 4 is 28.5 Å². The average Bonchev–Trinajstić information content (AvgIpc) is 3.37. The van der Waals surface area contributed by atoms with Crippen molar-refractivity contribution in [2.45, 2.75) is 19.6 Å². The van der Waals surface area contributed by atoms with E-state index in [0.29, 0.717) is 35.9 Å². The summed E-state index contributed by atoms with van der Waals surface area (Å²) in [5, 5.41) is 10.9. The lowest BCUT2D eigenvalue weighted by atomic mass is 10.3. The Labute approximate surface area is 172 Å². The van der Waals surface area contributed by atoms with Gasteiger partial charge in [-0.2, -0.15) is 5.10 Å². The van der Waals surface area contributed by atoms with Gasteiger partial charge in [0.2, 0.25) is 0 Å². The topological polar surface area (TPSA) is 101 Å². The van der Waals surface area contributed by atoms with Gasteiger partial charge in [-0.25, -0.2) is 4.98 Å². The Bertz CT molecular complexity index is 1090. The first kappa shape index (κ1) is 19.1. The first-order chi connectivity index (χ1) is 14.2. The molecule has 0 atom stereocenters. The van der Waals surface area contributed by atoms with Crippen LogP contribution in [0.4, 0.5) is 0 Å². The van der Waals surface area contributed by atoms with Crippen LogP contribution >= 0.6 is 11.6 Å². The van der Waals surface area contributed by atoms with Gasteiger partial charge in [-0.3, -0.25) is 14.5 Å². The van der Waals surface area contributed by atoms with E-state index in [1.54, 1.807) is 35.4 Å². The van der Waals surface area contributed by atoms with Crippen LogP contribution in [0.15, 0.2) is 55.0 Å². The number of carbonyl (C=O) groups excluding carboxylic acids is 1. The quantitative estimate of drug-likeness (QED) is 0.388. The molecule has 148 valence electrons. The summed E-state index contributed by atoms with van der Waals surface area (Å²) in [7, 11) is 0. The number of carbonyl (C=O) groups is 1. The SMILES string of the molecule is O=C(NCc1ncccc1Cl)c1cnn(CCNCc2nc3ccccc3[nH]2)c1. The van der Waals surface area contributed by atoms with E-state index in [2.05, 4.69) is 30.7 Å². The summed E-state index contributed by atoms with van der Waals surface area (Å²) >= 11 is 6.05. The second kappa shape index (κ2) is 8.85. The molecule has 1 aromatic carbocycles. The molecule has 0 unspecified atom stereocenters. The van der Waals surface area contributed by atoms with E-state index >= 15 is 0 Å². The highest BCUT2D eigenvalue weighted by atomic mass is 35.5. The molecule has 0 saturated carbocycles. The fraction of sp³-hybridized carbons (Fsp3) is 0.200. The molecule has 0 aliphatic carbocycles. The molecule has 0 radical (unpaired) electrons. The lowest BCUT2D eigenvalue weighted by Gasteiger charge is -2.05. The van der Waals surface area contributed by atoms with E-state index in [4.69, 9.17) is 11.6 Å². The van der Waals surface area contributed by atoms with Crippen LogP contribution in [0.3, 0.4) is 0 Å². The minimum absolute atomic E-state index is 0.215. The number of aromatic nitrogens is 5. The van der Waals surface area contributed by atoms with E-state index in [0.717, 1.165) is 16.9 Å². The molecule has 0 aliphatic heterocycles. The van der Waals surface area contributed by atoms with Crippen molar-refractivity contribution in [3.05, 3.63) is 77.1 Å². The summed E-state index contributed by atoms with van der Waals surface area (Å²) in [5.41, 5.74) is 3.11. The maximum atomic E-state index is 12.3. The molecule has 0 fully saturated rings. The van der Waals surface area contributed by atoms with Crippen LogP contribution in [-0.4, -0.2) is 37.2 Å². The van der Waals surface area contributed by atoms with Crippen molar-refractivity contribution in [3.63, 3.8) is 0 Å². The van der Waals surface area contributed by atoms with Crippen LogP contribution in [0, 0.1) is 0 Å². The first-order valence-electron chi connectivity index (χ1n) is 9.23. The van der Waals surface area contributed by atoms with Crippen molar-refractivity contribution in [2.75, 3.05) is 6.54 Å². The summed E-state index contributed by atoms with van der Waals surface area (Å²) in [6.45, 7) is 2.24. The Morgan fingerprint density at radius 1 is 1.17 bits per heavy atom. The predicted molar refractivity (Wildman–Crippen MR) is 110 cm³/mol. The minimum Gasteiger partial charge on any atom is -0.346 e. The highest BCUT2D eigenvalue weighted by Crippen LogP contribution is 2.12. The summed E-state index contributed by atoms with van der Waals surface area (Å²) < 4.78 is 1.73. The molecule has 3 N–H and O–H groups in total. The summed E-state index contributed by atoms with van der Waals surface area (Å²) in [6, 6.07) is 11.4. The molecule has 0 saturated heterocycles. The van der Waals surface area contributed by atoms with Crippen molar-refractivity contribution in [3.8, 4) is 0 Å².